The monoisotopic (exact) mass is 816 g/mol. The second-order valence-corrected chi connectivity index (χ2v) is 13.6. The number of alkyl halides is 3. The summed E-state index contributed by atoms with van der Waals surface area (Å²) in [6.07, 6.45) is -2.55. The van der Waals surface area contributed by atoms with Gasteiger partial charge in [0, 0.05) is 28.5 Å². The summed E-state index contributed by atoms with van der Waals surface area (Å²) >= 11 is 6.03. The quantitative estimate of drug-likeness (QED) is 0.0624. The maximum atomic E-state index is 13.1. The lowest BCUT2D eigenvalue weighted by Gasteiger charge is -2.19. The number of methoxy groups -OCH3 is 1. The van der Waals surface area contributed by atoms with Crippen molar-refractivity contribution in [2.75, 3.05) is 36.2 Å². The summed E-state index contributed by atoms with van der Waals surface area (Å²) in [6, 6.07) is 27.7. The molecule has 4 aromatic carbocycles. The van der Waals surface area contributed by atoms with Gasteiger partial charge in [-0.2, -0.15) is 28.1 Å². The van der Waals surface area contributed by atoms with Crippen LogP contribution >= 0.6 is 11.6 Å². The fourth-order valence-corrected chi connectivity index (χ4v) is 5.81. The number of hydrogen-bond acceptors (Lipinski definition) is 11. The van der Waals surface area contributed by atoms with Gasteiger partial charge >= 0.3 is 30.0 Å². The highest BCUT2D eigenvalue weighted by Crippen LogP contribution is 2.48. The maximum absolute atomic E-state index is 13.1. The molecule has 0 aliphatic heterocycles. The van der Waals surface area contributed by atoms with E-state index < -0.39 is 60.6 Å². The zero-order chi connectivity index (χ0) is 41.3. The number of rotatable bonds is 15. The minimum atomic E-state index is -4.64. The molecule has 0 radical (unpaired) electrons. The van der Waals surface area contributed by atoms with Gasteiger partial charge in [0.15, 0.2) is 6.61 Å². The molecule has 58 heavy (non-hydrogen) atoms. The number of halogens is 4. The second-order valence-electron chi connectivity index (χ2n) is 13.2. The Morgan fingerprint density at radius 2 is 1.43 bits per heavy atom. The topological polar surface area (TPSA) is 186 Å². The lowest BCUT2D eigenvalue weighted by molar-refractivity contribution is -0.154. The Hall–Kier alpha value is -6.75. The van der Waals surface area contributed by atoms with Crippen molar-refractivity contribution in [1.29, 1.82) is 0 Å². The third-order valence-electron chi connectivity index (χ3n) is 8.81. The molecule has 18 heteroatoms. The minimum absolute atomic E-state index is 0.0373. The van der Waals surface area contributed by atoms with Crippen molar-refractivity contribution in [3.63, 3.8) is 0 Å². The van der Waals surface area contributed by atoms with Crippen LogP contribution in [0.4, 0.5) is 36.4 Å². The van der Waals surface area contributed by atoms with E-state index in [0.717, 1.165) is 23.8 Å². The molecule has 5 aromatic rings. The van der Waals surface area contributed by atoms with Gasteiger partial charge < -0.3 is 36.1 Å². The molecule has 1 fully saturated rings. The summed E-state index contributed by atoms with van der Waals surface area (Å²) in [5.74, 6) is -3.82. The molecule has 1 aliphatic rings. The van der Waals surface area contributed by atoms with E-state index in [1.54, 1.807) is 24.3 Å². The van der Waals surface area contributed by atoms with Crippen molar-refractivity contribution in [2.24, 2.45) is 0 Å². The SMILES string of the molecule is COC(=O)[C@H](CNC(=O)C(=O)Nc1ccc(Cc2ccccc2)cc1)NC(=O)c1ccc(Nc2nc(NC3(c4ccc(Cl)cc4)CC3)nc(OCC(F)(F)F)n2)cc1. The van der Waals surface area contributed by atoms with E-state index in [0.29, 0.717) is 35.7 Å². The molecule has 0 unspecified atom stereocenters. The van der Waals surface area contributed by atoms with Crippen molar-refractivity contribution < 1.29 is 41.8 Å². The molecule has 3 amide bonds. The van der Waals surface area contributed by atoms with Crippen molar-refractivity contribution >= 4 is 58.6 Å². The number of aromatic nitrogens is 3. The van der Waals surface area contributed by atoms with Gasteiger partial charge in [-0.1, -0.05) is 66.2 Å². The molecule has 0 bridgehead atoms. The van der Waals surface area contributed by atoms with E-state index in [4.69, 9.17) is 21.1 Å². The Morgan fingerprint density at radius 1 is 0.793 bits per heavy atom. The second kappa shape index (κ2) is 18.0. The number of carbonyl (C=O) groups excluding carboxylic acids is 4. The van der Waals surface area contributed by atoms with E-state index in [9.17, 15) is 32.3 Å². The van der Waals surface area contributed by atoms with E-state index in [-0.39, 0.29) is 17.5 Å². The first-order valence-corrected chi connectivity index (χ1v) is 18.1. The number of nitrogens with one attached hydrogen (secondary N) is 5. The predicted octanol–water partition coefficient (Wildman–Crippen LogP) is 5.93. The summed E-state index contributed by atoms with van der Waals surface area (Å²) in [5.41, 5.74) is 3.26. The van der Waals surface area contributed by atoms with Gasteiger partial charge in [0.25, 0.3) is 5.91 Å². The van der Waals surface area contributed by atoms with Crippen LogP contribution in [-0.2, 0) is 31.1 Å². The first kappa shape index (κ1) is 40.9. The van der Waals surface area contributed by atoms with Crippen molar-refractivity contribution in [3.05, 3.63) is 130 Å². The van der Waals surface area contributed by atoms with Gasteiger partial charge in [-0.25, -0.2) is 4.79 Å². The molecule has 0 spiro atoms. The Kier molecular flexibility index (Phi) is 12.7. The summed E-state index contributed by atoms with van der Waals surface area (Å²) in [6.45, 7) is -2.09. The van der Waals surface area contributed by atoms with Gasteiger partial charge in [-0.05, 0) is 84.5 Å². The highest BCUT2D eigenvalue weighted by Gasteiger charge is 2.45. The highest BCUT2D eigenvalue weighted by atomic mass is 35.5. The Balaban J connectivity index is 1.05. The number of anilines is 4. The van der Waals surface area contributed by atoms with E-state index in [1.165, 1.54) is 24.3 Å². The molecule has 1 saturated carbocycles. The number of ether oxygens (including phenoxy) is 2. The molecule has 6 rings (SSSR count). The van der Waals surface area contributed by atoms with Crippen LogP contribution in [0.25, 0.3) is 0 Å². The van der Waals surface area contributed by atoms with Crippen molar-refractivity contribution in [1.82, 2.24) is 25.6 Å². The highest BCUT2D eigenvalue weighted by molar-refractivity contribution is 6.39. The van der Waals surface area contributed by atoms with Crippen LogP contribution in [-0.4, -0.2) is 71.1 Å². The summed E-state index contributed by atoms with van der Waals surface area (Å²) in [7, 11) is 1.10. The van der Waals surface area contributed by atoms with Crippen LogP contribution in [0.3, 0.4) is 0 Å². The molecule has 300 valence electrons. The number of benzene rings is 4. The van der Waals surface area contributed by atoms with Crippen LogP contribution < -0.4 is 31.3 Å². The molecular formula is C40H36ClF3N8O6. The Morgan fingerprint density at radius 3 is 2.07 bits per heavy atom. The molecule has 1 aliphatic carbocycles. The third-order valence-corrected chi connectivity index (χ3v) is 9.06. The molecule has 14 nitrogen and oxygen atoms in total. The van der Waals surface area contributed by atoms with Crippen LogP contribution in [0.1, 0.15) is 39.9 Å². The van der Waals surface area contributed by atoms with Gasteiger partial charge in [0.2, 0.25) is 11.9 Å². The van der Waals surface area contributed by atoms with Crippen LogP contribution in [0, 0.1) is 0 Å². The van der Waals surface area contributed by atoms with Crippen molar-refractivity contribution in [3.8, 4) is 6.01 Å². The van der Waals surface area contributed by atoms with Gasteiger partial charge in [0.1, 0.15) is 6.04 Å². The molecule has 0 saturated heterocycles. The number of carbonyl (C=O) groups is 4. The van der Waals surface area contributed by atoms with E-state index >= 15 is 0 Å². The maximum Gasteiger partial charge on any atom is 0.422 e. The zero-order valence-corrected chi connectivity index (χ0v) is 31.5. The molecule has 1 aromatic heterocycles. The normalized spacial score (nSPS) is 13.3. The fourth-order valence-electron chi connectivity index (χ4n) is 5.68. The van der Waals surface area contributed by atoms with Crippen LogP contribution in [0.15, 0.2) is 103 Å². The van der Waals surface area contributed by atoms with Gasteiger partial charge in [-0.3, -0.25) is 14.4 Å². The minimum Gasteiger partial charge on any atom is -0.467 e. The predicted molar refractivity (Wildman–Crippen MR) is 208 cm³/mol. The average molecular weight is 817 g/mol. The number of nitrogens with zero attached hydrogens (tertiary/aromatic N) is 3. The van der Waals surface area contributed by atoms with Crippen LogP contribution in [0.2, 0.25) is 5.02 Å². The molecule has 5 N–H and O–H groups in total. The molecule has 1 heterocycles. The Labute approximate surface area is 334 Å². The third kappa shape index (κ3) is 11.4. The number of amides is 3. The lowest BCUT2D eigenvalue weighted by Crippen LogP contribution is -2.50. The summed E-state index contributed by atoms with van der Waals surface area (Å²) < 4.78 is 48.6. The molecular weight excluding hydrogens is 781 g/mol. The lowest BCUT2D eigenvalue weighted by atomic mass is 10.0. The average Bonchev–Trinajstić information content (AvgIpc) is 3.99. The summed E-state index contributed by atoms with van der Waals surface area (Å²) in [5, 5.41) is 13.9. The summed E-state index contributed by atoms with van der Waals surface area (Å²) in [4.78, 5) is 63.2. The van der Waals surface area contributed by atoms with Gasteiger partial charge in [0.05, 0.1) is 12.6 Å². The van der Waals surface area contributed by atoms with E-state index in [2.05, 4.69) is 41.5 Å². The number of hydrogen-bond donors (Lipinski definition) is 5. The van der Waals surface area contributed by atoms with Crippen molar-refractivity contribution in [2.45, 2.75) is 37.0 Å². The first-order valence-electron chi connectivity index (χ1n) is 17.8. The van der Waals surface area contributed by atoms with E-state index in [1.807, 2.05) is 54.6 Å². The number of esters is 1. The smallest absolute Gasteiger partial charge is 0.422 e. The Bertz CT molecular complexity index is 2240. The first-order chi connectivity index (χ1) is 27.8. The standard InChI is InChI=1S/C40H36ClF3N8O6/c1-57-35(56)31(22-45-33(54)34(55)46-29-15-7-25(8-16-29)21-24-5-3-2-4-6-24)48-32(53)26-9-17-30(18-10-26)47-36-49-37(51-38(50-36)58-23-40(42,43)44)52-39(19-20-39)27-11-13-28(41)14-12-27/h2-18,31H,19-23H2,1H3,(H,45,54)(H,46,55)(H,48,53)(H2,47,49,50,51,52)/t31-/m0/s1. The van der Waals surface area contributed by atoms with Gasteiger partial charge in [-0.15, -0.1) is 0 Å². The van der Waals surface area contributed by atoms with Crippen LogP contribution in [0.5, 0.6) is 6.01 Å². The molecule has 1 atom stereocenters. The fraction of sp³-hybridized carbons (Fsp3) is 0.225. The largest absolute Gasteiger partial charge is 0.467 e. The zero-order valence-electron chi connectivity index (χ0n) is 30.7.